The van der Waals surface area contributed by atoms with Crippen LogP contribution >= 0.6 is 0 Å². The Hall–Kier alpha value is -2.34. The van der Waals surface area contributed by atoms with Gasteiger partial charge in [0.1, 0.15) is 17.0 Å². The molecule has 2 heterocycles. The molecule has 1 saturated heterocycles. The molecule has 0 unspecified atom stereocenters. The second-order valence-electron chi connectivity index (χ2n) is 7.33. The number of imidazole rings is 1. The molecule has 6 heteroatoms. The van der Waals surface area contributed by atoms with Crippen molar-refractivity contribution in [2.24, 2.45) is 0 Å². The van der Waals surface area contributed by atoms with E-state index in [9.17, 15) is 9.90 Å². The van der Waals surface area contributed by atoms with Crippen LogP contribution in [-0.2, 0) is 5.60 Å². The van der Waals surface area contributed by atoms with E-state index in [1.807, 2.05) is 42.7 Å². The van der Waals surface area contributed by atoms with Gasteiger partial charge in [-0.1, -0.05) is 12.1 Å². The highest BCUT2D eigenvalue weighted by molar-refractivity contribution is 5.92. The first-order valence-corrected chi connectivity index (χ1v) is 9.06. The third-order valence-electron chi connectivity index (χ3n) is 5.25. The fraction of sp³-hybridized carbons (Fsp3) is 0.500. The molecule has 1 amide bonds. The number of carbonyl (C=O) groups is 1. The van der Waals surface area contributed by atoms with Gasteiger partial charge in [0.05, 0.1) is 19.5 Å². The highest BCUT2D eigenvalue weighted by Gasteiger charge is 2.43. The van der Waals surface area contributed by atoms with Gasteiger partial charge in [-0.25, -0.2) is 4.98 Å². The van der Waals surface area contributed by atoms with E-state index in [-0.39, 0.29) is 18.0 Å². The van der Waals surface area contributed by atoms with Gasteiger partial charge < -0.3 is 19.3 Å². The maximum Gasteiger partial charge on any atom is 0.274 e. The average molecular weight is 357 g/mol. The summed E-state index contributed by atoms with van der Waals surface area (Å²) in [5.41, 5.74) is 0.0609. The number of hydrogen-bond acceptors (Lipinski definition) is 4. The van der Waals surface area contributed by atoms with E-state index in [4.69, 9.17) is 4.74 Å². The zero-order valence-electron chi connectivity index (χ0n) is 15.8. The Bertz CT molecular complexity index is 765. The predicted octanol–water partition coefficient (Wildman–Crippen LogP) is 2.98. The summed E-state index contributed by atoms with van der Waals surface area (Å²) in [6.45, 7) is 6.49. The van der Waals surface area contributed by atoms with Gasteiger partial charge in [-0.05, 0) is 51.3 Å². The number of likely N-dealkylation sites (tertiary alicyclic amines) is 1. The molecule has 2 atom stereocenters. The summed E-state index contributed by atoms with van der Waals surface area (Å²) in [4.78, 5) is 19.0. The number of hydrogen-bond donors (Lipinski definition) is 1. The molecule has 1 aliphatic rings. The highest BCUT2D eigenvalue weighted by atomic mass is 16.5. The number of amides is 1. The molecule has 1 N–H and O–H groups in total. The van der Waals surface area contributed by atoms with Crippen LogP contribution in [0.4, 0.5) is 0 Å². The Kier molecular flexibility index (Phi) is 5.05. The van der Waals surface area contributed by atoms with Crippen molar-refractivity contribution in [1.82, 2.24) is 14.5 Å². The number of benzene rings is 1. The third-order valence-corrected chi connectivity index (χ3v) is 5.25. The van der Waals surface area contributed by atoms with Crippen LogP contribution in [-0.4, -0.2) is 45.2 Å². The first-order chi connectivity index (χ1) is 12.3. The molecule has 1 fully saturated rings. The van der Waals surface area contributed by atoms with Gasteiger partial charge in [-0.2, -0.15) is 0 Å². The summed E-state index contributed by atoms with van der Waals surface area (Å²) < 4.78 is 7.11. The summed E-state index contributed by atoms with van der Waals surface area (Å²) in [5.74, 6) is 0.615. The van der Waals surface area contributed by atoms with Gasteiger partial charge in [0.25, 0.3) is 5.91 Å². The van der Waals surface area contributed by atoms with E-state index in [0.29, 0.717) is 12.2 Å². The van der Waals surface area contributed by atoms with E-state index < -0.39 is 5.60 Å². The number of aromatic nitrogens is 2. The van der Waals surface area contributed by atoms with Gasteiger partial charge in [0.15, 0.2) is 0 Å². The van der Waals surface area contributed by atoms with Crippen LogP contribution in [0, 0.1) is 0 Å². The molecule has 140 valence electrons. The van der Waals surface area contributed by atoms with Crippen LogP contribution in [0.1, 0.15) is 55.7 Å². The second kappa shape index (κ2) is 7.11. The Labute approximate surface area is 154 Å². The monoisotopic (exact) mass is 357 g/mol. The molecule has 6 nitrogen and oxygen atoms in total. The van der Waals surface area contributed by atoms with Gasteiger partial charge in [-0.3, -0.25) is 4.79 Å². The molecular formula is C20H27N3O3. The number of methoxy groups -OCH3 is 1. The summed E-state index contributed by atoms with van der Waals surface area (Å²) in [6.07, 6.45) is 5.10. The van der Waals surface area contributed by atoms with Crippen molar-refractivity contribution in [3.8, 4) is 5.75 Å². The maximum atomic E-state index is 13.0. The minimum absolute atomic E-state index is 0.124. The van der Waals surface area contributed by atoms with Crippen LogP contribution in [0.3, 0.4) is 0 Å². The van der Waals surface area contributed by atoms with E-state index in [1.54, 1.807) is 31.5 Å². The summed E-state index contributed by atoms with van der Waals surface area (Å²) in [5, 5.41) is 11.2. The van der Waals surface area contributed by atoms with Crippen molar-refractivity contribution in [2.45, 2.75) is 51.3 Å². The molecule has 0 spiro atoms. The quantitative estimate of drug-likeness (QED) is 0.893. The van der Waals surface area contributed by atoms with Crippen molar-refractivity contribution >= 4 is 5.91 Å². The van der Waals surface area contributed by atoms with Crippen molar-refractivity contribution in [3.05, 3.63) is 48.0 Å². The van der Waals surface area contributed by atoms with Crippen molar-refractivity contribution in [3.63, 3.8) is 0 Å². The third kappa shape index (κ3) is 3.33. The van der Waals surface area contributed by atoms with Crippen LogP contribution in [0.25, 0.3) is 0 Å². The number of aliphatic hydroxyl groups is 1. The molecule has 1 aliphatic heterocycles. The average Bonchev–Trinajstić information content (AvgIpc) is 3.31. The van der Waals surface area contributed by atoms with Crippen molar-refractivity contribution in [2.75, 3.05) is 13.7 Å². The Morgan fingerprint density at radius 3 is 2.62 bits per heavy atom. The second-order valence-corrected chi connectivity index (χ2v) is 7.33. The van der Waals surface area contributed by atoms with Gasteiger partial charge in [0.2, 0.25) is 0 Å². The lowest BCUT2D eigenvalue weighted by molar-refractivity contribution is -0.0179. The van der Waals surface area contributed by atoms with E-state index in [0.717, 1.165) is 24.2 Å². The van der Waals surface area contributed by atoms with Gasteiger partial charge >= 0.3 is 0 Å². The highest BCUT2D eigenvalue weighted by Crippen LogP contribution is 2.36. The maximum absolute atomic E-state index is 13.0. The molecule has 0 bridgehead atoms. The summed E-state index contributed by atoms with van der Waals surface area (Å²) in [7, 11) is 1.61. The van der Waals surface area contributed by atoms with Gasteiger partial charge in [0, 0.05) is 18.8 Å². The topological polar surface area (TPSA) is 67.6 Å². The molecule has 0 saturated carbocycles. The molecule has 26 heavy (non-hydrogen) atoms. The SMILES string of the molecule is COc1ccc([C@](C)(O)[C@@H]2CCCN2C(=O)c2cn(C(C)C)cn2)cc1. The Morgan fingerprint density at radius 2 is 2.04 bits per heavy atom. The first-order valence-electron chi connectivity index (χ1n) is 9.06. The lowest BCUT2D eigenvalue weighted by atomic mass is 9.86. The summed E-state index contributed by atoms with van der Waals surface area (Å²) >= 11 is 0. The smallest absolute Gasteiger partial charge is 0.274 e. The molecular weight excluding hydrogens is 330 g/mol. The standard InChI is InChI=1S/C20H27N3O3/c1-14(2)22-12-17(21-13-22)19(24)23-11-5-6-18(23)20(3,25)15-7-9-16(26-4)10-8-15/h7-10,12-14,18,25H,5-6,11H2,1-4H3/t18-,20-/m0/s1. The number of ether oxygens (including phenoxy) is 1. The molecule has 2 aromatic rings. The molecule has 1 aromatic carbocycles. The van der Waals surface area contributed by atoms with Crippen LogP contribution in [0.5, 0.6) is 5.75 Å². The normalized spacial score (nSPS) is 19.6. The first kappa shape index (κ1) is 18.5. The van der Waals surface area contributed by atoms with Gasteiger partial charge in [-0.15, -0.1) is 0 Å². The molecule has 0 aliphatic carbocycles. The largest absolute Gasteiger partial charge is 0.497 e. The van der Waals surface area contributed by atoms with E-state index in [2.05, 4.69) is 4.98 Å². The van der Waals surface area contributed by atoms with Crippen LogP contribution in [0.15, 0.2) is 36.8 Å². The Morgan fingerprint density at radius 1 is 1.35 bits per heavy atom. The van der Waals surface area contributed by atoms with E-state index in [1.165, 1.54) is 0 Å². The zero-order chi connectivity index (χ0) is 18.9. The van der Waals surface area contributed by atoms with E-state index >= 15 is 0 Å². The lowest BCUT2D eigenvalue weighted by Gasteiger charge is -2.36. The molecule has 3 rings (SSSR count). The molecule has 0 radical (unpaired) electrons. The zero-order valence-corrected chi connectivity index (χ0v) is 15.8. The number of rotatable bonds is 5. The predicted molar refractivity (Wildman–Crippen MR) is 99.2 cm³/mol. The van der Waals surface area contributed by atoms with Crippen LogP contribution < -0.4 is 4.74 Å². The minimum Gasteiger partial charge on any atom is -0.497 e. The Balaban J connectivity index is 1.84. The fourth-order valence-corrected chi connectivity index (χ4v) is 3.59. The number of nitrogens with zero attached hydrogens (tertiary/aromatic N) is 3. The minimum atomic E-state index is -1.14. The molecule has 1 aromatic heterocycles. The van der Waals surface area contributed by atoms with Crippen molar-refractivity contribution in [1.29, 1.82) is 0 Å². The summed E-state index contributed by atoms with van der Waals surface area (Å²) in [6, 6.07) is 7.33. The number of carbonyl (C=O) groups excluding carboxylic acids is 1. The lowest BCUT2D eigenvalue weighted by Crippen LogP contribution is -2.48. The van der Waals surface area contributed by atoms with Crippen molar-refractivity contribution < 1.29 is 14.6 Å². The fourth-order valence-electron chi connectivity index (χ4n) is 3.59. The van der Waals surface area contributed by atoms with Crippen LogP contribution in [0.2, 0.25) is 0 Å².